The Labute approximate surface area is 107 Å². The minimum Gasteiger partial charge on any atom is -0.314 e. The molecule has 1 N–H and O–H groups in total. The van der Waals surface area contributed by atoms with Gasteiger partial charge in [-0.15, -0.1) is 0 Å². The summed E-state index contributed by atoms with van der Waals surface area (Å²) in [5.41, 5.74) is 2.25. The first-order valence-corrected chi connectivity index (χ1v) is 6.34. The normalized spacial score (nSPS) is 17.4. The van der Waals surface area contributed by atoms with Crippen LogP contribution >= 0.6 is 11.6 Å². The molecule has 0 saturated carbocycles. The lowest BCUT2D eigenvalue weighted by Gasteiger charge is -2.28. The molecule has 1 fully saturated rings. The highest BCUT2D eigenvalue weighted by molar-refractivity contribution is 6.31. The van der Waals surface area contributed by atoms with E-state index in [9.17, 15) is 4.39 Å². The van der Waals surface area contributed by atoms with Gasteiger partial charge in [0.1, 0.15) is 5.82 Å². The predicted molar refractivity (Wildman–Crippen MR) is 69.0 cm³/mol. The molecule has 1 aliphatic heterocycles. The molecule has 1 aromatic carbocycles. The van der Waals surface area contributed by atoms with Crippen molar-refractivity contribution in [3.8, 4) is 0 Å². The van der Waals surface area contributed by atoms with Crippen LogP contribution in [0.15, 0.2) is 6.07 Å². The van der Waals surface area contributed by atoms with Gasteiger partial charge in [-0.25, -0.2) is 4.39 Å². The molecule has 17 heavy (non-hydrogen) atoms. The van der Waals surface area contributed by atoms with Gasteiger partial charge in [0.05, 0.1) is 0 Å². The molecule has 0 aromatic heterocycles. The first kappa shape index (κ1) is 12.8. The monoisotopic (exact) mass is 256 g/mol. The number of hydrogen-bond acceptors (Lipinski definition) is 2. The van der Waals surface area contributed by atoms with Crippen LogP contribution < -0.4 is 5.32 Å². The van der Waals surface area contributed by atoms with E-state index in [1.165, 1.54) is 0 Å². The van der Waals surface area contributed by atoms with Crippen LogP contribution in [0.25, 0.3) is 0 Å². The fourth-order valence-corrected chi connectivity index (χ4v) is 2.47. The predicted octanol–water partition coefficient (Wildman–Crippen LogP) is 2.50. The smallest absolute Gasteiger partial charge is 0.130 e. The zero-order valence-electron chi connectivity index (χ0n) is 10.3. The number of aryl methyl sites for hydroxylation is 1. The van der Waals surface area contributed by atoms with Gasteiger partial charge in [-0.2, -0.15) is 0 Å². The van der Waals surface area contributed by atoms with Crippen molar-refractivity contribution >= 4 is 11.6 Å². The molecule has 0 aliphatic carbocycles. The summed E-state index contributed by atoms with van der Waals surface area (Å²) in [6.45, 7) is 8.18. The van der Waals surface area contributed by atoms with Crippen LogP contribution in [0.1, 0.15) is 16.7 Å². The van der Waals surface area contributed by atoms with E-state index in [0.717, 1.165) is 37.3 Å². The number of hydrogen-bond donors (Lipinski definition) is 1. The number of nitrogens with one attached hydrogen (secondary N) is 1. The number of nitrogens with zero attached hydrogens (tertiary/aromatic N) is 1. The third kappa shape index (κ3) is 2.79. The van der Waals surface area contributed by atoms with Crippen LogP contribution in [0.4, 0.5) is 4.39 Å². The van der Waals surface area contributed by atoms with Crippen LogP contribution in [0.5, 0.6) is 0 Å². The zero-order chi connectivity index (χ0) is 12.4. The molecule has 1 heterocycles. The lowest BCUT2D eigenvalue weighted by Crippen LogP contribution is -2.43. The minimum absolute atomic E-state index is 0.106. The molecule has 2 nitrogen and oxygen atoms in total. The van der Waals surface area contributed by atoms with E-state index in [1.54, 1.807) is 13.0 Å². The van der Waals surface area contributed by atoms with Crippen LogP contribution in [-0.4, -0.2) is 31.1 Å². The average molecular weight is 257 g/mol. The molecule has 0 bridgehead atoms. The van der Waals surface area contributed by atoms with E-state index in [2.05, 4.69) is 10.2 Å². The van der Waals surface area contributed by atoms with Crippen molar-refractivity contribution in [1.29, 1.82) is 0 Å². The molecule has 0 atom stereocenters. The number of benzene rings is 1. The summed E-state index contributed by atoms with van der Waals surface area (Å²) in [7, 11) is 0. The van der Waals surface area contributed by atoms with Crippen LogP contribution in [0.2, 0.25) is 5.02 Å². The Morgan fingerprint density at radius 2 is 2.00 bits per heavy atom. The van der Waals surface area contributed by atoms with E-state index in [1.807, 2.05) is 6.92 Å². The highest BCUT2D eigenvalue weighted by atomic mass is 35.5. The van der Waals surface area contributed by atoms with Gasteiger partial charge in [0, 0.05) is 43.3 Å². The summed E-state index contributed by atoms with van der Waals surface area (Å²) in [6, 6.07) is 1.70. The van der Waals surface area contributed by atoms with E-state index < -0.39 is 0 Å². The Hall–Kier alpha value is -0.640. The molecule has 4 heteroatoms. The van der Waals surface area contributed by atoms with Gasteiger partial charge >= 0.3 is 0 Å². The van der Waals surface area contributed by atoms with Gasteiger partial charge in [-0.05, 0) is 31.0 Å². The van der Waals surface area contributed by atoms with Crippen LogP contribution in [-0.2, 0) is 6.54 Å². The molecule has 0 radical (unpaired) electrons. The molecule has 1 saturated heterocycles. The van der Waals surface area contributed by atoms with Crippen LogP contribution in [0, 0.1) is 19.7 Å². The summed E-state index contributed by atoms with van der Waals surface area (Å²) in [4.78, 5) is 2.26. The first-order chi connectivity index (χ1) is 8.09. The molecule has 2 rings (SSSR count). The summed E-state index contributed by atoms with van der Waals surface area (Å²) < 4.78 is 14.1. The molecule has 94 valence electrons. The third-order valence-electron chi connectivity index (χ3n) is 3.36. The number of rotatable bonds is 2. The van der Waals surface area contributed by atoms with Gasteiger partial charge in [0.25, 0.3) is 0 Å². The molecule has 0 unspecified atom stereocenters. The topological polar surface area (TPSA) is 15.3 Å². The van der Waals surface area contributed by atoms with Crippen molar-refractivity contribution in [1.82, 2.24) is 10.2 Å². The molecule has 1 aromatic rings. The van der Waals surface area contributed by atoms with Crippen molar-refractivity contribution in [2.75, 3.05) is 26.2 Å². The van der Waals surface area contributed by atoms with Gasteiger partial charge in [-0.1, -0.05) is 11.6 Å². The summed E-state index contributed by atoms with van der Waals surface area (Å²) >= 11 is 6.11. The highest BCUT2D eigenvalue weighted by Gasteiger charge is 2.17. The quantitative estimate of drug-likeness (QED) is 0.875. The fraction of sp³-hybridized carbons (Fsp3) is 0.538. The number of halogens is 2. The molecular formula is C13H18ClFN2. The van der Waals surface area contributed by atoms with Crippen molar-refractivity contribution in [3.05, 3.63) is 33.6 Å². The standard InChI is InChI=1S/C13H18ClFN2/c1-9-7-12(14)10(2)11(13(9)15)8-17-5-3-16-4-6-17/h7,16H,3-6,8H2,1-2H3. The Bertz CT molecular complexity index is 388. The maximum Gasteiger partial charge on any atom is 0.130 e. The lowest BCUT2D eigenvalue weighted by molar-refractivity contribution is 0.230. The Balaban J connectivity index is 2.24. The first-order valence-electron chi connectivity index (χ1n) is 5.96. The molecule has 0 spiro atoms. The van der Waals surface area contributed by atoms with Gasteiger partial charge in [0.15, 0.2) is 0 Å². The van der Waals surface area contributed by atoms with Crippen molar-refractivity contribution in [2.45, 2.75) is 20.4 Å². The van der Waals surface area contributed by atoms with E-state index >= 15 is 0 Å². The van der Waals surface area contributed by atoms with Crippen molar-refractivity contribution < 1.29 is 4.39 Å². The molecule has 1 aliphatic rings. The van der Waals surface area contributed by atoms with Crippen molar-refractivity contribution in [2.24, 2.45) is 0 Å². The second-order valence-electron chi connectivity index (χ2n) is 4.62. The largest absolute Gasteiger partial charge is 0.314 e. The summed E-state index contributed by atoms with van der Waals surface area (Å²) in [5.74, 6) is -0.106. The Morgan fingerprint density at radius 1 is 1.35 bits per heavy atom. The lowest BCUT2D eigenvalue weighted by atomic mass is 10.0. The van der Waals surface area contributed by atoms with Gasteiger partial charge in [0.2, 0.25) is 0 Å². The zero-order valence-corrected chi connectivity index (χ0v) is 11.1. The summed E-state index contributed by atoms with van der Waals surface area (Å²) in [5, 5.41) is 3.95. The number of piperazine rings is 1. The van der Waals surface area contributed by atoms with Gasteiger partial charge in [-0.3, -0.25) is 4.90 Å². The Kier molecular flexibility index (Phi) is 4.02. The Morgan fingerprint density at radius 3 is 2.65 bits per heavy atom. The SMILES string of the molecule is Cc1cc(Cl)c(C)c(CN2CCNCC2)c1F. The van der Waals surface area contributed by atoms with E-state index in [0.29, 0.717) is 17.1 Å². The second-order valence-corrected chi connectivity index (χ2v) is 5.03. The van der Waals surface area contributed by atoms with E-state index in [4.69, 9.17) is 11.6 Å². The van der Waals surface area contributed by atoms with Crippen molar-refractivity contribution in [3.63, 3.8) is 0 Å². The van der Waals surface area contributed by atoms with E-state index in [-0.39, 0.29) is 5.82 Å². The van der Waals surface area contributed by atoms with Gasteiger partial charge < -0.3 is 5.32 Å². The minimum atomic E-state index is -0.106. The second kappa shape index (κ2) is 5.34. The molecule has 0 amide bonds. The summed E-state index contributed by atoms with van der Waals surface area (Å²) in [6.07, 6.45) is 0. The maximum absolute atomic E-state index is 14.1. The fourth-order valence-electron chi connectivity index (χ4n) is 2.19. The third-order valence-corrected chi connectivity index (χ3v) is 3.75. The average Bonchev–Trinajstić information content (AvgIpc) is 2.33. The van der Waals surface area contributed by atoms with Crippen LogP contribution in [0.3, 0.4) is 0 Å². The maximum atomic E-state index is 14.1. The highest BCUT2D eigenvalue weighted by Crippen LogP contribution is 2.26. The molecular weight excluding hydrogens is 239 g/mol.